The highest BCUT2D eigenvalue weighted by atomic mass is 16.1. The Balaban J connectivity index is 2.44. The molecule has 0 aliphatic heterocycles. The number of fused-ring (bicyclic) bond motifs is 1. The first kappa shape index (κ1) is 16.3. The van der Waals surface area contributed by atoms with Crippen molar-refractivity contribution in [2.24, 2.45) is 5.41 Å². The monoisotopic (exact) mass is 286 g/mol. The molecule has 1 nitrogen and oxygen atoms in total. The van der Waals surface area contributed by atoms with Crippen LogP contribution in [0.25, 0.3) is 0 Å². The van der Waals surface area contributed by atoms with E-state index in [1.165, 1.54) is 24.0 Å². The first-order chi connectivity index (χ1) is 9.42. The van der Waals surface area contributed by atoms with Crippen LogP contribution in [0.4, 0.5) is 0 Å². The van der Waals surface area contributed by atoms with Crippen molar-refractivity contribution in [3.8, 4) is 0 Å². The number of ketones is 1. The molecule has 0 fully saturated rings. The minimum absolute atomic E-state index is 0.0434. The van der Waals surface area contributed by atoms with Gasteiger partial charge in [-0.15, -0.1) is 0 Å². The van der Waals surface area contributed by atoms with Gasteiger partial charge < -0.3 is 0 Å². The summed E-state index contributed by atoms with van der Waals surface area (Å²) in [4.78, 5) is 12.5. The van der Waals surface area contributed by atoms with Crippen LogP contribution in [0.1, 0.15) is 89.2 Å². The largest absolute Gasteiger partial charge is 0.294 e. The molecule has 0 saturated carbocycles. The Morgan fingerprint density at radius 1 is 1.00 bits per heavy atom. The molecule has 2 rings (SSSR count). The van der Waals surface area contributed by atoms with Gasteiger partial charge >= 0.3 is 0 Å². The molecular weight excluding hydrogens is 256 g/mol. The fraction of sp³-hybridized carbons (Fsp3) is 0.650. The maximum absolute atomic E-state index is 12.5. The molecule has 0 heterocycles. The van der Waals surface area contributed by atoms with E-state index >= 15 is 0 Å². The van der Waals surface area contributed by atoms with Gasteiger partial charge in [-0.25, -0.2) is 0 Å². The molecule has 21 heavy (non-hydrogen) atoms. The number of carbonyl (C=O) groups is 1. The smallest absolute Gasteiger partial charge is 0.163 e. The second-order valence-electron chi connectivity index (χ2n) is 9.19. The van der Waals surface area contributed by atoms with Crippen LogP contribution in [0.15, 0.2) is 18.2 Å². The fourth-order valence-corrected chi connectivity index (χ4v) is 3.35. The molecule has 1 aromatic carbocycles. The average Bonchev–Trinajstić information content (AvgIpc) is 2.33. The van der Waals surface area contributed by atoms with E-state index < -0.39 is 0 Å². The Hall–Kier alpha value is -1.11. The van der Waals surface area contributed by atoms with Crippen molar-refractivity contribution < 1.29 is 4.79 Å². The topological polar surface area (TPSA) is 17.1 Å². The van der Waals surface area contributed by atoms with Crippen molar-refractivity contribution >= 4 is 5.78 Å². The number of Topliss-reactive ketones (excluding diaryl/α,β-unsaturated/α-hetero) is 1. The van der Waals surface area contributed by atoms with Gasteiger partial charge in [0.05, 0.1) is 0 Å². The third-order valence-corrected chi connectivity index (χ3v) is 4.87. The van der Waals surface area contributed by atoms with Gasteiger partial charge in [0.2, 0.25) is 0 Å². The van der Waals surface area contributed by atoms with Gasteiger partial charge in [-0.2, -0.15) is 0 Å². The maximum atomic E-state index is 12.5. The zero-order chi connectivity index (χ0) is 16.1. The number of hydrogen-bond donors (Lipinski definition) is 0. The van der Waals surface area contributed by atoms with E-state index in [1.807, 2.05) is 6.07 Å². The molecule has 0 amide bonds. The van der Waals surface area contributed by atoms with E-state index in [1.54, 1.807) is 0 Å². The van der Waals surface area contributed by atoms with Crippen molar-refractivity contribution in [3.63, 3.8) is 0 Å². The summed E-state index contributed by atoms with van der Waals surface area (Å²) in [6, 6.07) is 6.41. The summed E-state index contributed by atoms with van der Waals surface area (Å²) in [5, 5.41) is 0. The quantitative estimate of drug-likeness (QED) is 0.642. The van der Waals surface area contributed by atoms with Crippen LogP contribution in [0.5, 0.6) is 0 Å². The van der Waals surface area contributed by atoms with Crippen LogP contribution in [0.2, 0.25) is 0 Å². The van der Waals surface area contributed by atoms with Gasteiger partial charge in [-0.1, -0.05) is 60.6 Å². The average molecular weight is 286 g/mol. The molecule has 116 valence electrons. The van der Waals surface area contributed by atoms with E-state index in [2.05, 4.69) is 60.6 Å². The molecule has 0 unspecified atom stereocenters. The standard InChI is InChI=1S/C20H30O/c1-18(2,3)13-17(21)14-8-9-15-16(12-14)20(6,7)11-10-19(15,4)5/h8-9,12H,10-11,13H2,1-7H3. The highest BCUT2D eigenvalue weighted by molar-refractivity contribution is 5.96. The van der Waals surface area contributed by atoms with E-state index in [0.717, 1.165) is 5.56 Å². The molecular formula is C20H30O. The van der Waals surface area contributed by atoms with Gasteiger partial charge in [0, 0.05) is 12.0 Å². The van der Waals surface area contributed by atoms with Crippen molar-refractivity contribution in [2.75, 3.05) is 0 Å². The predicted octanol–water partition coefficient (Wildman–Crippen LogP) is 5.65. The Kier molecular flexibility index (Phi) is 3.85. The van der Waals surface area contributed by atoms with Gasteiger partial charge in [0.1, 0.15) is 0 Å². The lowest BCUT2D eigenvalue weighted by Crippen LogP contribution is -2.34. The molecule has 1 aliphatic carbocycles. The van der Waals surface area contributed by atoms with E-state index in [-0.39, 0.29) is 22.0 Å². The number of rotatable bonds is 2. The minimum atomic E-state index is 0.0434. The van der Waals surface area contributed by atoms with Crippen LogP contribution in [0, 0.1) is 5.41 Å². The zero-order valence-electron chi connectivity index (χ0n) is 14.8. The second-order valence-corrected chi connectivity index (χ2v) is 9.19. The Bertz CT molecular complexity index is 556. The Morgan fingerprint density at radius 2 is 1.52 bits per heavy atom. The predicted molar refractivity (Wildman–Crippen MR) is 90.1 cm³/mol. The van der Waals surface area contributed by atoms with Crippen LogP contribution >= 0.6 is 0 Å². The van der Waals surface area contributed by atoms with Crippen molar-refractivity contribution in [1.82, 2.24) is 0 Å². The molecule has 0 bridgehead atoms. The lowest BCUT2D eigenvalue weighted by molar-refractivity contribution is 0.0939. The summed E-state index contributed by atoms with van der Waals surface area (Å²) in [6.45, 7) is 15.6. The summed E-state index contributed by atoms with van der Waals surface area (Å²) in [5.41, 5.74) is 4.11. The molecule has 0 saturated heterocycles. The van der Waals surface area contributed by atoms with Gasteiger partial charge in [-0.3, -0.25) is 4.79 Å². The molecule has 1 heteroatoms. The molecule has 0 spiro atoms. The van der Waals surface area contributed by atoms with Crippen LogP contribution in [-0.4, -0.2) is 5.78 Å². The summed E-state index contributed by atoms with van der Waals surface area (Å²) in [6.07, 6.45) is 3.00. The second kappa shape index (κ2) is 4.97. The molecule has 0 aromatic heterocycles. The van der Waals surface area contributed by atoms with Gasteiger partial charge in [0.15, 0.2) is 5.78 Å². The summed E-state index contributed by atoms with van der Waals surface area (Å²) >= 11 is 0. The summed E-state index contributed by atoms with van der Waals surface area (Å²) in [7, 11) is 0. The first-order valence-corrected chi connectivity index (χ1v) is 8.11. The molecule has 0 N–H and O–H groups in total. The highest BCUT2D eigenvalue weighted by Gasteiger charge is 2.37. The van der Waals surface area contributed by atoms with Crippen molar-refractivity contribution in [3.05, 3.63) is 34.9 Å². The molecule has 0 radical (unpaired) electrons. The SMILES string of the molecule is CC(C)(C)CC(=O)c1ccc2c(c1)C(C)(C)CCC2(C)C. The Labute approximate surface area is 130 Å². The number of carbonyl (C=O) groups excluding carboxylic acids is 1. The van der Waals surface area contributed by atoms with Crippen molar-refractivity contribution in [2.45, 2.75) is 78.6 Å². The summed E-state index contributed by atoms with van der Waals surface area (Å²) in [5.74, 6) is 0.268. The minimum Gasteiger partial charge on any atom is -0.294 e. The zero-order valence-corrected chi connectivity index (χ0v) is 14.8. The van der Waals surface area contributed by atoms with Crippen LogP contribution < -0.4 is 0 Å². The molecule has 1 aliphatic rings. The maximum Gasteiger partial charge on any atom is 0.163 e. The lowest BCUT2D eigenvalue weighted by atomic mass is 9.63. The normalized spacial score (nSPS) is 20.0. The van der Waals surface area contributed by atoms with Crippen LogP contribution in [-0.2, 0) is 10.8 Å². The molecule has 0 atom stereocenters. The number of hydrogen-bond acceptors (Lipinski definition) is 1. The molecule has 1 aromatic rings. The van der Waals surface area contributed by atoms with E-state index in [9.17, 15) is 4.79 Å². The third kappa shape index (κ3) is 3.39. The van der Waals surface area contributed by atoms with Gasteiger partial charge in [0.25, 0.3) is 0 Å². The fourth-order valence-electron chi connectivity index (χ4n) is 3.35. The highest BCUT2D eigenvalue weighted by Crippen LogP contribution is 2.46. The van der Waals surface area contributed by atoms with Crippen LogP contribution in [0.3, 0.4) is 0 Å². The third-order valence-electron chi connectivity index (χ3n) is 4.87. The lowest BCUT2D eigenvalue weighted by Gasteiger charge is -2.42. The number of benzene rings is 1. The first-order valence-electron chi connectivity index (χ1n) is 8.11. The Morgan fingerprint density at radius 3 is 2.05 bits per heavy atom. The van der Waals surface area contributed by atoms with E-state index in [4.69, 9.17) is 0 Å². The summed E-state index contributed by atoms with van der Waals surface area (Å²) < 4.78 is 0. The van der Waals surface area contributed by atoms with Gasteiger partial charge in [-0.05, 0) is 46.3 Å². The van der Waals surface area contributed by atoms with E-state index in [0.29, 0.717) is 6.42 Å². The van der Waals surface area contributed by atoms with Crippen molar-refractivity contribution in [1.29, 1.82) is 0 Å².